The van der Waals surface area contributed by atoms with E-state index in [1.54, 1.807) is 23.1 Å². The monoisotopic (exact) mass is 1860 g/mol. The standard InChI is InChI=1S/C21H19F2N3O3.C17H10F5N3O3.C16H10F3N3O3.C16H13F2N5O3.C15H10F2N4O4/c22-21(23)28-17-10-14-11-19(24-16(14)12-18(17)29-21)25-20(27)13-5-4-6-15(9-13)26-7-2-1-3-8-26;18-16(19,20)9-3-7(1-2-10(9)23)15(26)25-14-5-8-4-12-13(6-11(8)24-14)28-17(21,22)27-12;17-9-3-7(1-2-10(9)20)15(23)22-14-5-8-4-12-13(6-11(8)21-14)25-16(18,19)24-12;1-23(2)13-5-8(3-4-19-13)14(24)22-15-20-9-6-11-12(7-10(9)21-15)26-16(17,18)25-11;1-23-12-4-7(2-3-18-12)13(22)21-14-19-8-5-10-11(6-9(8)20-14)25-15(16,17)24-10/h4-6,9-10,12H,1-3,7-8,11H2,(H,24,25,27);1-4,6H,5,23H2,(H,24,25,26);1-4,6H,5,20H2,(H,21,22,23);3-7H,1-2H3,(H2,20,21,22,24);2-6H,1H3,(H2,19,20,21,22). The molecule has 5 amide bonds. The third kappa shape index (κ3) is 19.8. The number of pyridine rings is 2. The Hall–Kier alpha value is -16.6. The van der Waals surface area contributed by atoms with Crippen LogP contribution < -0.4 is 100.0 Å². The number of hydrogen-bond donors (Lipinski definition) is 9. The summed E-state index contributed by atoms with van der Waals surface area (Å²) >= 11 is 0. The van der Waals surface area contributed by atoms with Crippen LogP contribution in [0.4, 0.5) is 113 Å². The molecular weight excluding hydrogens is 1800 g/mol. The van der Waals surface area contributed by atoms with Crippen LogP contribution in [0.1, 0.15) is 93.3 Å². The fraction of sp³-hybridized carbons (Fsp3) is 0.200. The average Bonchev–Trinajstić information content (AvgIpc) is 1.64. The topological polar surface area (TPSA) is 426 Å². The second-order valence-corrected chi connectivity index (χ2v) is 29.9. The summed E-state index contributed by atoms with van der Waals surface area (Å²) < 4.78 is 232. The largest absolute Gasteiger partial charge is 0.586 e. The Morgan fingerprint density at radius 2 is 0.797 bits per heavy atom. The van der Waals surface area contributed by atoms with E-state index in [0.29, 0.717) is 103 Å². The number of nitrogens with one attached hydrogen (secondary N) is 7. The van der Waals surface area contributed by atoms with E-state index in [1.165, 1.54) is 111 Å². The Morgan fingerprint density at radius 3 is 1.21 bits per heavy atom. The molecule has 0 saturated carbocycles. The van der Waals surface area contributed by atoms with Crippen LogP contribution >= 0.6 is 0 Å². The molecular formula is C85H62F14N18O16. The van der Waals surface area contributed by atoms with Crippen molar-refractivity contribution in [3.8, 4) is 63.4 Å². The Morgan fingerprint density at radius 1 is 0.429 bits per heavy atom. The number of alkyl halides is 13. The number of methoxy groups -OCH3 is 1. The number of nitrogens with two attached hydrogens (primary N) is 2. The lowest BCUT2D eigenvalue weighted by Crippen LogP contribution is -2.32. The molecule has 4 aromatic heterocycles. The number of piperidine rings is 1. The molecule has 0 unspecified atom stereocenters. The number of amides is 5. The number of ether oxygens (including phenoxy) is 11. The number of aliphatic imine (C=N–C) groups is 3. The molecule has 1 saturated heterocycles. The number of amidine groups is 3. The normalized spacial score (nSPS) is 16.2. The smallest absolute Gasteiger partial charge is 0.481 e. The summed E-state index contributed by atoms with van der Waals surface area (Å²) in [4.78, 5) is 100. The zero-order chi connectivity index (χ0) is 94.1. The summed E-state index contributed by atoms with van der Waals surface area (Å²) in [5.74, 6) is -2.12. The molecule has 12 aromatic rings. The fourth-order valence-electron chi connectivity index (χ4n) is 14.2. The highest BCUT2D eigenvalue weighted by Gasteiger charge is 2.49. The first kappa shape index (κ1) is 88.4. The van der Waals surface area contributed by atoms with Crippen molar-refractivity contribution in [3.05, 3.63) is 214 Å². The van der Waals surface area contributed by atoms with E-state index in [2.05, 4.69) is 124 Å². The number of carbonyl (C=O) groups is 5. The van der Waals surface area contributed by atoms with E-state index in [4.69, 9.17) is 16.2 Å². The molecule has 48 heteroatoms. The molecule has 0 atom stereocenters. The van der Waals surface area contributed by atoms with Crippen LogP contribution in [0.25, 0.3) is 22.1 Å². The second-order valence-electron chi connectivity index (χ2n) is 29.9. The van der Waals surface area contributed by atoms with Gasteiger partial charge in [-0.05, 0) is 127 Å². The predicted molar refractivity (Wildman–Crippen MR) is 442 cm³/mol. The van der Waals surface area contributed by atoms with Crippen LogP contribution in [0.15, 0.2) is 173 Å². The van der Waals surface area contributed by atoms with E-state index in [-0.39, 0.29) is 122 Å². The summed E-state index contributed by atoms with van der Waals surface area (Å²) in [6, 6.07) is 33.6. The first-order chi connectivity index (χ1) is 63.0. The Balaban J connectivity index is 0.000000116. The van der Waals surface area contributed by atoms with Gasteiger partial charge in [0.25, 0.3) is 29.5 Å². The number of nitrogens with zero attached hydrogens (tertiary/aromatic N) is 9. The summed E-state index contributed by atoms with van der Waals surface area (Å²) in [6.45, 7) is 2.00. The van der Waals surface area contributed by atoms with Crippen LogP contribution in [0.5, 0.6) is 63.4 Å². The molecule has 9 aliphatic heterocycles. The molecule has 13 heterocycles. The van der Waals surface area contributed by atoms with Crippen LogP contribution in [0, 0.1) is 5.82 Å². The SMILES string of the molecule is CN(C)c1cc(C(=O)Nc2nc3cc4c(cc3[nH]2)OC(F)(F)O4)ccn1.COc1cc(C(=O)Nc2nc3cc4c(cc3[nH]2)OC(F)(F)O4)ccn1.Nc1ccc(C(=O)NC2=Nc3cc4c(cc3C2)OC(F)(F)O4)cc1C(F)(F)F.Nc1ccc(C(=O)NC2=Nc3cc4c(cc3C2)OC(F)(F)O4)cc1F.O=C(NC1=Nc2cc3c(cc2C1)OC(F)(F)O3)c1cccc(N2CCCCC2)c1. The zero-order valence-electron chi connectivity index (χ0n) is 68.2. The van der Waals surface area contributed by atoms with Gasteiger partial charge in [0, 0.05) is 147 Å². The number of aromatic nitrogens is 6. The summed E-state index contributed by atoms with van der Waals surface area (Å²) in [7, 11) is 5.07. The number of halogens is 14. The molecule has 0 aliphatic carbocycles. The number of fused-ring (bicyclic) bond motifs is 10. The maximum Gasteiger partial charge on any atom is 0.586 e. The van der Waals surface area contributed by atoms with Crippen LogP contribution in [-0.2, 0) is 25.4 Å². The minimum Gasteiger partial charge on any atom is -0.481 e. The van der Waals surface area contributed by atoms with Gasteiger partial charge in [0.05, 0.1) is 57.5 Å². The first-order valence-corrected chi connectivity index (χ1v) is 39.2. The lowest BCUT2D eigenvalue weighted by atomic mass is 10.1. The van der Waals surface area contributed by atoms with Crippen molar-refractivity contribution >= 4 is 121 Å². The van der Waals surface area contributed by atoms with E-state index in [9.17, 15) is 85.4 Å². The van der Waals surface area contributed by atoms with Crippen LogP contribution in [0.3, 0.4) is 0 Å². The molecule has 21 rings (SSSR count). The lowest BCUT2D eigenvalue weighted by molar-refractivity contribution is -0.287. The second kappa shape index (κ2) is 34.1. The number of benzene rings is 8. The van der Waals surface area contributed by atoms with Gasteiger partial charge in [-0.2, -0.15) is 13.2 Å². The highest BCUT2D eigenvalue weighted by atomic mass is 19.4. The highest BCUT2D eigenvalue weighted by molar-refractivity contribution is 6.12. The number of carbonyl (C=O) groups excluding carboxylic acids is 5. The molecule has 0 spiro atoms. The number of H-pyrrole nitrogens is 2. The average molecular weight is 1860 g/mol. The third-order valence-corrected chi connectivity index (χ3v) is 20.3. The molecule has 9 aliphatic rings. The molecule has 686 valence electrons. The van der Waals surface area contributed by atoms with E-state index < -0.39 is 72.4 Å². The van der Waals surface area contributed by atoms with Gasteiger partial charge in [-0.25, -0.2) is 39.3 Å². The van der Waals surface area contributed by atoms with Gasteiger partial charge >= 0.3 is 37.6 Å². The highest BCUT2D eigenvalue weighted by Crippen LogP contribution is 2.51. The number of aromatic amines is 2. The Kier molecular flexibility index (Phi) is 22.7. The fourth-order valence-corrected chi connectivity index (χ4v) is 14.2. The van der Waals surface area contributed by atoms with Crippen molar-refractivity contribution < 1.29 is 138 Å². The van der Waals surface area contributed by atoms with Crippen molar-refractivity contribution in [2.45, 2.75) is 76.2 Å². The number of imidazole rings is 2. The van der Waals surface area contributed by atoms with Gasteiger partial charge in [-0.15, -0.1) is 43.9 Å². The van der Waals surface area contributed by atoms with E-state index >= 15 is 0 Å². The number of anilines is 6. The summed E-state index contributed by atoms with van der Waals surface area (Å²) in [5, 5.41) is 13.0. The van der Waals surface area contributed by atoms with Crippen molar-refractivity contribution in [3.63, 3.8) is 0 Å². The van der Waals surface area contributed by atoms with E-state index in [1.807, 2.05) is 32.3 Å². The van der Waals surface area contributed by atoms with Crippen molar-refractivity contribution in [1.82, 2.24) is 45.9 Å². The molecule has 34 nitrogen and oxygen atoms in total. The minimum atomic E-state index is -4.70. The molecule has 133 heavy (non-hydrogen) atoms. The number of nitrogen functional groups attached to an aromatic ring is 2. The minimum absolute atomic E-state index is 0.0224. The van der Waals surface area contributed by atoms with Gasteiger partial charge in [-0.1, -0.05) is 6.07 Å². The van der Waals surface area contributed by atoms with E-state index in [0.717, 1.165) is 49.8 Å². The maximum atomic E-state index is 13.4. The maximum absolute atomic E-state index is 13.4. The Bertz CT molecular complexity index is 6780. The van der Waals surface area contributed by atoms with Gasteiger partial charge in [-0.3, -0.25) is 34.6 Å². The van der Waals surface area contributed by atoms with Crippen LogP contribution in [-0.4, -0.2) is 143 Å². The molecule has 0 bridgehead atoms. The quantitative estimate of drug-likeness (QED) is 0.0453. The predicted octanol–water partition coefficient (Wildman–Crippen LogP) is 15.5. The van der Waals surface area contributed by atoms with Gasteiger partial charge in [0.15, 0.2) is 57.5 Å². The molecule has 8 aromatic carbocycles. The number of rotatable bonds is 10. The molecule has 1 fully saturated rings. The molecule has 11 N–H and O–H groups in total. The summed E-state index contributed by atoms with van der Waals surface area (Å²) in [5.41, 5.74) is 15.6. The molecule has 0 radical (unpaired) electrons. The van der Waals surface area contributed by atoms with Gasteiger partial charge in [0.1, 0.15) is 29.1 Å². The summed E-state index contributed by atoms with van der Waals surface area (Å²) in [6.07, 6.45) is -16.1. The Labute approximate surface area is 736 Å². The van der Waals surface area contributed by atoms with Gasteiger partial charge in [0.2, 0.25) is 17.8 Å². The third-order valence-electron chi connectivity index (χ3n) is 20.3. The zero-order valence-corrected chi connectivity index (χ0v) is 68.2. The number of hydrogen-bond acceptors (Lipinski definition) is 27. The van der Waals surface area contributed by atoms with Crippen molar-refractivity contribution in [2.75, 3.05) is 66.2 Å². The van der Waals surface area contributed by atoms with Crippen LogP contribution in [0.2, 0.25) is 0 Å². The van der Waals surface area contributed by atoms with Gasteiger partial charge < -0.3 is 99.3 Å². The first-order valence-electron chi connectivity index (χ1n) is 39.2. The lowest BCUT2D eigenvalue weighted by Gasteiger charge is -2.29. The van der Waals surface area contributed by atoms with Crippen molar-refractivity contribution in [1.29, 1.82) is 0 Å². The van der Waals surface area contributed by atoms with Crippen molar-refractivity contribution in [2.24, 2.45) is 15.0 Å².